The fourth-order valence-corrected chi connectivity index (χ4v) is 4.02. The Morgan fingerprint density at radius 1 is 1.29 bits per heavy atom. The number of nitro groups is 1. The van der Waals surface area contributed by atoms with Crippen molar-refractivity contribution >= 4 is 51.9 Å². The van der Waals surface area contributed by atoms with E-state index in [0.717, 1.165) is 11.8 Å². The first-order valence-corrected chi connectivity index (χ1v) is 10.2. The van der Waals surface area contributed by atoms with Crippen LogP contribution in [0, 0.1) is 15.9 Å². The number of nitrogens with zero attached hydrogens (tertiary/aromatic N) is 2. The van der Waals surface area contributed by atoms with Crippen molar-refractivity contribution in [1.82, 2.24) is 4.90 Å². The summed E-state index contributed by atoms with van der Waals surface area (Å²) in [7, 11) is 0. The van der Waals surface area contributed by atoms with Crippen LogP contribution in [0.15, 0.2) is 47.4 Å². The van der Waals surface area contributed by atoms with Gasteiger partial charge in [0, 0.05) is 19.0 Å². The van der Waals surface area contributed by atoms with Crippen LogP contribution in [0.25, 0.3) is 6.08 Å². The Kier molecular flexibility index (Phi) is 6.98. The highest BCUT2D eigenvalue weighted by molar-refractivity contribution is 8.26. The molecule has 8 nitrogen and oxygen atoms in total. The van der Waals surface area contributed by atoms with Gasteiger partial charge in [0.25, 0.3) is 5.91 Å². The minimum atomic E-state index is -0.962. The monoisotopic (exact) mass is 462 g/mol. The van der Waals surface area contributed by atoms with Crippen molar-refractivity contribution < 1.29 is 28.7 Å². The SMILES string of the molecule is O=C(O)CCCN1C(=O)C(=Cc2ccc(Oc3ccc(F)cc3)c([N+](=O)[O-])c2)SC1=S. The number of ether oxygens (including phenoxy) is 1. The third-order valence-electron chi connectivity index (χ3n) is 4.16. The molecule has 0 spiro atoms. The number of thiocarbonyl (C=S) groups is 1. The molecule has 0 unspecified atom stereocenters. The summed E-state index contributed by atoms with van der Waals surface area (Å²) in [5.41, 5.74) is 0.0687. The second-order valence-electron chi connectivity index (χ2n) is 6.37. The van der Waals surface area contributed by atoms with Gasteiger partial charge >= 0.3 is 11.7 Å². The molecule has 3 rings (SSSR count). The Balaban J connectivity index is 1.80. The van der Waals surface area contributed by atoms with Gasteiger partial charge in [-0.25, -0.2) is 4.39 Å². The van der Waals surface area contributed by atoms with Crippen molar-refractivity contribution in [1.29, 1.82) is 0 Å². The number of rotatable bonds is 8. The maximum atomic E-state index is 13.0. The zero-order valence-electron chi connectivity index (χ0n) is 15.8. The summed E-state index contributed by atoms with van der Waals surface area (Å²) in [5.74, 6) is -1.60. The summed E-state index contributed by atoms with van der Waals surface area (Å²) in [6.07, 6.45) is 1.65. The van der Waals surface area contributed by atoms with Crippen LogP contribution in [0.4, 0.5) is 10.1 Å². The van der Waals surface area contributed by atoms with Gasteiger partial charge in [-0.05, 0) is 48.4 Å². The summed E-state index contributed by atoms with van der Waals surface area (Å²) in [4.78, 5) is 35.7. The molecule has 0 aromatic heterocycles. The Hall–Kier alpha value is -3.31. The Bertz CT molecular complexity index is 1090. The zero-order chi connectivity index (χ0) is 22.5. The van der Waals surface area contributed by atoms with Crippen molar-refractivity contribution in [3.8, 4) is 11.5 Å². The molecule has 2 aromatic carbocycles. The van der Waals surface area contributed by atoms with E-state index in [-0.39, 0.29) is 47.4 Å². The van der Waals surface area contributed by atoms with E-state index < -0.39 is 16.7 Å². The maximum absolute atomic E-state index is 13.0. The van der Waals surface area contributed by atoms with Crippen LogP contribution in [0.3, 0.4) is 0 Å². The van der Waals surface area contributed by atoms with E-state index in [4.69, 9.17) is 22.1 Å². The summed E-state index contributed by atoms with van der Waals surface area (Å²) in [6.45, 7) is 0.179. The highest BCUT2D eigenvalue weighted by Crippen LogP contribution is 2.36. The smallest absolute Gasteiger partial charge is 0.312 e. The lowest BCUT2D eigenvalue weighted by molar-refractivity contribution is -0.385. The average molecular weight is 462 g/mol. The molecule has 2 aromatic rings. The van der Waals surface area contributed by atoms with Crippen LogP contribution in [0.5, 0.6) is 11.5 Å². The van der Waals surface area contributed by atoms with Crippen LogP contribution in [-0.4, -0.2) is 37.7 Å². The number of amides is 1. The largest absolute Gasteiger partial charge is 0.481 e. The van der Waals surface area contributed by atoms with Gasteiger partial charge in [0.05, 0.1) is 9.83 Å². The molecule has 31 heavy (non-hydrogen) atoms. The van der Waals surface area contributed by atoms with Gasteiger partial charge in [-0.2, -0.15) is 0 Å². The van der Waals surface area contributed by atoms with E-state index in [1.165, 1.54) is 47.4 Å². The standard InChI is InChI=1S/C20H15FN2O6S2/c21-13-4-6-14(7-5-13)29-16-8-3-12(10-15(16)23(27)28)11-17-19(26)22(20(30)31-17)9-1-2-18(24)25/h3-8,10-11H,1-2,9H2,(H,24,25). The van der Waals surface area contributed by atoms with E-state index in [1.807, 2.05) is 0 Å². The zero-order valence-corrected chi connectivity index (χ0v) is 17.5. The molecular weight excluding hydrogens is 447 g/mol. The number of thioether (sulfide) groups is 1. The number of carboxylic acids is 1. The minimum absolute atomic E-state index is 0.0324. The van der Waals surface area contributed by atoms with Gasteiger partial charge in [0.2, 0.25) is 5.75 Å². The van der Waals surface area contributed by atoms with E-state index in [2.05, 4.69) is 0 Å². The number of carboxylic acid groups (broad SMARTS) is 1. The van der Waals surface area contributed by atoms with E-state index in [9.17, 15) is 24.1 Å². The fourth-order valence-electron chi connectivity index (χ4n) is 2.72. The van der Waals surface area contributed by atoms with Crippen molar-refractivity contribution in [2.45, 2.75) is 12.8 Å². The van der Waals surface area contributed by atoms with Gasteiger partial charge < -0.3 is 9.84 Å². The first-order valence-electron chi connectivity index (χ1n) is 8.93. The number of nitro benzene ring substituents is 1. The quantitative estimate of drug-likeness (QED) is 0.262. The van der Waals surface area contributed by atoms with Crippen molar-refractivity contribution in [2.24, 2.45) is 0 Å². The van der Waals surface area contributed by atoms with Crippen LogP contribution in [0.1, 0.15) is 18.4 Å². The Morgan fingerprint density at radius 2 is 2.00 bits per heavy atom. The third kappa shape index (κ3) is 5.64. The van der Waals surface area contributed by atoms with Gasteiger partial charge in [-0.1, -0.05) is 30.0 Å². The number of hydrogen-bond donors (Lipinski definition) is 1. The molecule has 1 fully saturated rings. The van der Waals surface area contributed by atoms with E-state index >= 15 is 0 Å². The number of carbonyl (C=O) groups excluding carboxylic acids is 1. The second kappa shape index (κ2) is 9.67. The van der Waals surface area contributed by atoms with Crippen molar-refractivity contribution in [2.75, 3.05) is 6.54 Å². The molecule has 1 saturated heterocycles. The molecule has 1 heterocycles. The lowest BCUT2D eigenvalue weighted by Gasteiger charge is -2.13. The van der Waals surface area contributed by atoms with Crippen LogP contribution in [0.2, 0.25) is 0 Å². The first-order chi connectivity index (χ1) is 14.7. The molecule has 1 amide bonds. The summed E-state index contributed by atoms with van der Waals surface area (Å²) >= 11 is 6.23. The molecule has 1 aliphatic rings. The number of benzene rings is 2. The highest BCUT2D eigenvalue weighted by Gasteiger charge is 2.31. The lowest BCUT2D eigenvalue weighted by atomic mass is 10.1. The predicted octanol–water partition coefficient (Wildman–Crippen LogP) is 4.59. The van der Waals surface area contributed by atoms with Crippen molar-refractivity contribution in [3.63, 3.8) is 0 Å². The maximum Gasteiger partial charge on any atom is 0.312 e. The molecule has 0 aliphatic carbocycles. The number of aliphatic carboxylic acids is 1. The predicted molar refractivity (Wildman–Crippen MR) is 116 cm³/mol. The first kappa shape index (κ1) is 22.4. The summed E-state index contributed by atoms with van der Waals surface area (Å²) < 4.78 is 18.8. The molecule has 1 aliphatic heterocycles. The van der Waals surface area contributed by atoms with E-state index in [0.29, 0.717) is 9.88 Å². The topological polar surface area (TPSA) is 110 Å². The Morgan fingerprint density at radius 3 is 2.65 bits per heavy atom. The normalized spacial score (nSPS) is 14.9. The lowest BCUT2D eigenvalue weighted by Crippen LogP contribution is -2.29. The molecule has 160 valence electrons. The highest BCUT2D eigenvalue weighted by atomic mass is 32.2. The molecule has 1 N–H and O–H groups in total. The third-order valence-corrected chi connectivity index (χ3v) is 5.54. The number of carbonyl (C=O) groups is 2. The average Bonchev–Trinajstić information content (AvgIpc) is 2.97. The summed E-state index contributed by atoms with van der Waals surface area (Å²) in [5, 5.41) is 20.2. The van der Waals surface area contributed by atoms with Crippen LogP contribution < -0.4 is 4.74 Å². The molecule has 0 saturated carbocycles. The molecule has 0 radical (unpaired) electrons. The van der Waals surface area contributed by atoms with Crippen LogP contribution >= 0.6 is 24.0 Å². The van der Waals surface area contributed by atoms with Crippen LogP contribution in [-0.2, 0) is 9.59 Å². The number of halogens is 1. The van der Waals surface area contributed by atoms with Gasteiger partial charge in [-0.3, -0.25) is 24.6 Å². The molecule has 0 atom stereocenters. The Labute approximate surface area is 185 Å². The molecule has 11 heteroatoms. The second-order valence-corrected chi connectivity index (χ2v) is 8.05. The molecule has 0 bridgehead atoms. The molecular formula is C20H15FN2O6S2. The van der Waals surface area contributed by atoms with Gasteiger partial charge in [0.15, 0.2) is 0 Å². The van der Waals surface area contributed by atoms with Gasteiger partial charge in [0.1, 0.15) is 15.9 Å². The summed E-state index contributed by atoms with van der Waals surface area (Å²) in [6, 6.07) is 9.24. The van der Waals surface area contributed by atoms with E-state index in [1.54, 1.807) is 6.07 Å². The number of hydrogen-bond acceptors (Lipinski definition) is 7. The van der Waals surface area contributed by atoms with Crippen molar-refractivity contribution in [3.05, 3.63) is 68.9 Å². The minimum Gasteiger partial charge on any atom is -0.481 e. The van der Waals surface area contributed by atoms with Gasteiger partial charge in [-0.15, -0.1) is 0 Å². The fraction of sp³-hybridized carbons (Fsp3) is 0.150.